The predicted octanol–water partition coefficient (Wildman–Crippen LogP) is 3.92. The highest BCUT2D eigenvalue weighted by Gasteiger charge is 2.04. The number of amides is 1. The van der Waals surface area contributed by atoms with Crippen molar-refractivity contribution in [1.82, 2.24) is 5.32 Å². The number of benzene rings is 1. The van der Waals surface area contributed by atoms with Gasteiger partial charge in [-0.15, -0.1) is 11.3 Å². The maximum absolute atomic E-state index is 11.9. The Morgan fingerprint density at radius 2 is 2.17 bits per heavy atom. The van der Waals surface area contributed by atoms with Crippen LogP contribution >= 0.6 is 11.3 Å². The molecule has 1 amide bonds. The van der Waals surface area contributed by atoms with Crippen molar-refractivity contribution in [2.75, 3.05) is 20.3 Å². The zero-order valence-corrected chi connectivity index (χ0v) is 14.9. The lowest BCUT2D eigenvalue weighted by Gasteiger charge is -2.10. The molecule has 1 N–H and O–H groups in total. The Morgan fingerprint density at radius 3 is 2.88 bits per heavy atom. The molecule has 1 aromatic heterocycles. The normalized spacial score (nSPS) is 10.8. The Labute approximate surface area is 147 Å². The smallest absolute Gasteiger partial charge is 0.244 e. The van der Waals surface area contributed by atoms with Gasteiger partial charge in [0, 0.05) is 17.5 Å². The number of hydrogen-bond acceptors (Lipinski definition) is 4. The first kappa shape index (κ1) is 18.1. The van der Waals surface area contributed by atoms with E-state index in [9.17, 15) is 4.79 Å². The first-order valence-corrected chi connectivity index (χ1v) is 8.90. The van der Waals surface area contributed by atoms with Crippen molar-refractivity contribution in [3.63, 3.8) is 0 Å². The number of hydrogen-bond donors (Lipinski definition) is 1. The van der Waals surface area contributed by atoms with Gasteiger partial charge in [0.15, 0.2) is 11.5 Å². The molecule has 0 saturated heterocycles. The largest absolute Gasteiger partial charge is 0.493 e. The Bertz CT molecular complexity index is 665. The standard InChI is InChI=1S/C19H23NO3S/c1-3-12-23-17-8-6-15(14-18(17)22-2)7-9-19(21)20-11-10-16-5-4-13-24-16/h4-9,13-14H,3,10-12H2,1-2H3,(H,20,21)/b9-7+. The number of ether oxygens (including phenoxy) is 2. The third-order valence-electron chi connectivity index (χ3n) is 3.33. The van der Waals surface area contributed by atoms with E-state index in [1.54, 1.807) is 24.5 Å². The Kier molecular flexibility index (Phi) is 7.36. The van der Waals surface area contributed by atoms with E-state index >= 15 is 0 Å². The van der Waals surface area contributed by atoms with Crippen LogP contribution in [0, 0.1) is 0 Å². The van der Waals surface area contributed by atoms with E-state index in [0.717, 1.165) is 24.2 Å². The van der Waals surface area contributed by atoms with Crippen LogP contribution in [0.3, 0.4) is 0 Å². The minimum atomic E-state index is -0.100. The molecule has 4 nitrogen and oxygen atoms in total. The summed E-state index contributed by atoms with van der Waals surface area (Å²) < 4.78 is 11.0. The lowest BCUT2D eigenvalue weighted by Crippen LogP contribution is -2.23. The van der Waals surface area contributed by atoms with Gasteiger partial charge in [0.25, 0.3) is 0 Å². The summed E-state index contributed by atoms with van der Waals surface area (Å²) >= 11 is 1.70. The van der Waals surface area contributed by atoms with Crippen molar-refractivity contribution in [3.8, 4) is 11.5 Å². The van der Waals surface area contributed by atoms with E-state index in [4.69, 9.17) is 9.47 Å². The molecule has 2 rings (SSSR count). The van der Waals surface area contributed by atoms with Crippen LogP contribution in [0.1, 0.15) is 23.8 Å². The predicted molar refractivity (Wildman–Crippen MR) is 98.8 cm³/mol. The summed E-state index contributed by atoms with van der Waals surface area (Å²) in [5, 5.41) is 4.92. The molecule has 0 aliphatic carbocycles. The third-order valence-corrected chi connectivity index (χ3v) is 4.26. The molecule has 0 aliphatic rings. The molecule has 0 saturated carbocycles. The Morgan fingerprint density at radius 1 is 1.29 bits per heavy atom. The molecule has 24 heavy (non-hydrogen) atoms. The van der Waals surface area contributed by atoms with Crippen LogP contribution in [0.4, 0.5) is 0 Å². The van der Waals surface area contributed by atoms with E-state index in [0.29, 0.717) is 18.9 Å². The summed E-state index contributed by atoms with van der Waals surface area (Å²) in [5.41, 5.74) is 0.893. The molecule has 128 valence electrons. The SMILES string of the molecule is CCCOc1ccc(/C=C/C(=O)NCCc2cccs2)cc1OC. The van der Waals surface area contributed by atoms with Crippen LogP contribution in [0.25, 0.3) is 6.08 Å². The van der Waals surface area contributed by atoms with E-state index in [-0.39, 0.29) is 5.91 Å². The molecule has 2 aromatic rings. The van der Waals surface area contributed by atoms with Crippen molar-refractivity contribution >= 4 is 23.3 Å². The summed E-state index contributed by atoms with van der Waals surface area (Å²) in [6.45, 7) is 3.34. The fourth-order valence-corrected chi connectivity index (χ4v) is 2.82. The molecule has 0 aliphatic heterocycles. The van der Waals surface area contributed by atoms with Crippen molar-refractivity contribution in [2.45, 2.75) is 19.8 Å². The van der Waals surface area contributed by atoms with Gasteiger partial charge in [-0.2, -0.15) is 0 Å². The van der Waals surface area contributed by atoms with Gasteiger partial charge in [-0.05, 0) is 48.1 Å². The van der Waals surface area contributed by atoms with Crippen molar-refractivity contribution in [2.24, 2.45) is 0 Å². The molecular weight excluding hydrogens is 322 g/mol. The average molecular weight is 345 g/mol. The molecule has 0 radical (unpaired) electrons. The molecule has 1 aromatic carbocycles. The van der Waals surface area contributed by atoms with Crippen LogP contribution in [0.5, 0.6) is 11.5 Å². The second-order valence-electron chi connectivity index (χ2n) is 5.21. The second-order valence-corrected chi connectivity index (χ2v) is 6.24. The van der Waals surface area contributed by atoms with Crippen LogP contribution in [0.2, 0.25) is 0 Å². The minimum Gasteiger partial charge on any atom is -0.493 e. The molecule has 0 bridgehead atoms. The number of nitrogens with one attached hydrogen (secondary N) is 1. The maximum atomic E-state index is 11.9. The third kappa shape index (κ3) is 5.74. The van der Waals surface area contributed by atoms with Gasteiger partial charge in [0.1, 0.15) is 0 Å². The van der Waals surface area contributed by atoms with Crippen LogP contribution < -0.4 is 14.8 Å². The molecule has 0 fully saturated rings. The van der Waals surface area contributed by atoms with Gasteiger partial charge < -0.3 is 14.8 Å². The Balaban J connectivity index is 1.86. The average Bonchev–Trinajstić information content (AvgIpc) is 3.11. The van der Waals surface area contributed by atoms with E-state index in [2.05, 4.69) is 18.3 Å². The first-order valence-electron chi connectivity index (χ1n) is 8.02. The van der Waals surface area contributed by atoms with Crippen molar-refractivity contribution in [3.05, 3.63) is 52.2 Å². The molecule has 1 heterocycles. The monoisotopic (exact) mass is 345 g/mol. The fraction of sp³-hybridized carbons (Fsp3) is 0.316. The number of thiophene rings is 1. The minimum absolute atomic E-state index is 0.100. The summed E-state index contributed by atoms with van der Waals surface area (Å²) in [6, 6.07) is 9.72. The van der Waals surface area contributed by atoms with Crippen molar-refractivity contribution < 1.29 is 14.3 Å². The summed E-state index contributed by atoms with van der Waals surface area (Å²) in [6.07, 6.45) is 5.10. The zero-order chi connectivity index (χ0) is 17.2. The van der Waals surface area contributed by atoms with Crippen LogP contribution in [-0.4, -0.2) is 26.2 Å². The molecule has 0 unspecified atom stereocenters. The lowest BCUT2D eigenvalue weighted by atomic mass is 10.2. The Hall–Kier alpha value is -2.27. The van der Waals surface area contributed by atoms with Crippen molar-refractivity contribution in [1.29, 1.82) is 0 Å². The van der Waals surface area contributed by atoms with Gasteiger partial charge in [-0.25, -0.2) is 0 Å². The maximum Gasteiger partial charge on any atom is 0.244 e. The summed E-state index contributed by atoms with van der Waals surface area (Å²) in [7, 11) is 1.61. The van der Waals surface area contributed by atoms with Crippen LogP contribution in [-0.2, 0) is 11.2 Å². The molecular formula is C19H23NO3S. The zero-order valence-electron chi connectivity index (χ0n) is 14.1. The fourth-order valence-electron chi connectivity index (χ4n) is 2.11. The molecule has 5 heteroatoms. The van der Waals surface area contributed by atoms with Gasteiger partial charge >= 0.3 is 0 Å². The van der Waals surface area contributed by atoms with E-state index in [1.165, 1.54) is 11.0 Å². The lowest BCUT2D eigenvalue weighted by molar-refractivity contribution is -0.116. The first-order chi connectivity index (χ1) is 11.7. The highest BCUT2D eigenvalue weighted by atomic mass is 32.1. The topological polar surface area (TPSA) is 47.6 Å². The summed E-state index contributed by atoms with van der Waals surface area (Å²) in [4.78, 5) is 13.1. The highest BCUT2D eigenvalue weighted by Crippen LogP contribution is 2.28. The molecule has 0 atom stereocenters. The van der Waals surface area contributed by atoms with E-state index < -0.39 is 0 Å². The van der Waals surface area contributed by atoms with Gasteiger partial charge in [0.05, 0.1) is 13.7 Å². The number of carbonyl (C=O) groups is 1. The highest BCUT2D eigenvalue weighted by molar-refractivity contribution is 7.09. The second kappa shape index (κ2) is 9.78. The number of methoxy groups -OCH3 is 1. The van der Waals surface area contributed by atoms with Gasteiger partial charge in [-0.3, -0.25) is 4.79 Å². The molecule has 0 spiro atoms. The van der Waals surface area contributed by atoms with Gasteiger partial charge in [0.2, 0.25) is 5.91 Å². The van der Waals surface area contributed by atoms with E-state index in [1.807, 2.05) is 29.6 Å². The summed E-state index contributed by atoms with van der Waals surface area (Å²) in [5.74, 6) is 1.29. The van der Waals surface area contributed by atoms with Crippen LogP contribution in [0.15, 0.2) is 41.8 Å². The quantitative estimate of drug-likeness (QED) is 0.701. The number of rotatable bonds is 9. The van der Waals surface area contributed by atoms with Gasteiger partial charge in [-0.1, -0.05) is 19.1 Å². The number of carbonyl (C=O) groups excluding carboxylic acids is 1.